The maximum atomic E-state index is 12.2. The minimum absolute atomic E-state index is 0.0798. The number of hydrogen-bond donors (Lipinski definition) is 1. The topological polar surface area (TPSA) is 59.1 Å². The molecule has 0 bridgehead atoms. The van der Waals surface area contributed by atoms with Gasteiger partial charge in [-0.25, -0.2) is 4.98 Å². The first-order chi connectivity index (χ1) is 11.6. The number of ketones is 1. The molecule has 2 rings (SSSR count). The monoisotopic (exact) mass is 360 g/mol. The van der Waals surface area contributed by atoms with Gasteiger partial charge in [0, 0.05) is 17.5 Å². The number of hydrogen-bond acceptors (Lipinski definition) is 5. The summed E-state index contributed by atoms with van der Waals surface area (Å²) in [5.41, 5.74) is 2.67. The number of amides is 1. The van der Waals surface area contributed by atoms with Gasteiger partial charge in [-0.1, -0.05) is 49.0 Å². The molecular weight excluding hydrogens is 340 g/mol. The number of aromatic nitrogens is 1. The molecule has 1 aromatic carbocycles. The molecule has 24 heavy (non-hydrogen) atoms. The van der Waals surface area contributed by atoms with Gasteiger partial charge in [-0.05, 0) is 12.0 Å². The Bertz CT molecular complexity index is 708. The minimum atomic E-state index is -0.0798. The van der Waals surface area contributed by atoms with Crippen LogP contribution in [0.3, 0.4) is 0 Å². The molecule has 4 nitrogen and oxygen atoms in total. The van der Waals surface area contributed by atoms with Crippen LogP contribution in [0, 0.1) is 0 Å². The van der Waals surface area contributed by atoms with Crippen LogP contribution >= 0.6 is 23.1 Å². The zero-order valence-electron chi connectivity index (χ0n) is 13.6. The van der Waals surface area contributed by atoms with Crippen LogP contribution in [0.15, 0.2) is 46.6 Å². The highest BCUT2D eigenvalue weighted by Gasteiger charge is 2.11. The van der Waals surface area contributed by atoms with Crippen LogP contribution in [-0.4, -0.2) is 29.0 Å². The summed E-state index contributed by atoms with van der Waals surface area (Å²) in [6, 6.07) is 7.72. The molecule has 1 aromatic heterocycles. The number of rotatable bonds is 9. The summed E-state index contributed by atoms with van der Waals surface area (Å²) in [6.45, 7) is 6.10. The largest absolute Gasteiger partial charge is 0.352 e. The van der Waals surface area contributed by atoms with Crippen molar-refractivity contribution in [2.45, 2.75) is 24.1 Å². The van der Waals surface area contributed by atoms with Gasteiger partial charge >= 0.3 is 0 Å². The Morgan fingerprint density at radius 2 is 2.08 bits per heavy atom. The van der Waals surface area contributed by atoms with Crippen LogP contribution in [0.2, 0.25) is 0 Å². The molecule has 1 heterocycles. The normalized spacial score (nSPS) is 10.4. The van der Waals surface area contributed by atoms with E-state index in [2.05, 4.69) is 23.8 Å². The fourth-order valence-electron chi connectivity index (χ4n) is 1.99. The highest BCUT2D eigenvalue weighted by molar-refractivity contribution is 8.01. The van der Waals surface area contributed by atoms with E-state index in [1.807, 2.05) is 29.6 Å². The fraction of sp³-hybridized carbons (Fsp3) is 0.278. The Kier molecular flexibility index (Phi) is 7.21. The quantitative estimate of drug-likeness (QED) is 0.422. The predicted molar refractivity (Wildman–Crippen MR) is 99.9 cm³/mol. The van der Waals surface area contributed by atoms with E-state index < -0.39 is 0 Å². The lowest BCUT2D eigenvalue weighted by Gasteiger charge is -2.01. The molecule has 1 amide bonds. The van der Waals surface area contributed by atoms with Crippen LogP contribution in [0.4, 0.5) is 0 Å². The molecule has 0 saturated carbocycles. The van der Waals surface area contributed by atoms with Crippen molar-refractivity contribution in [3.63, 3.8) is 0 Å². The fourth-order valence-corrected chi connectivity index (χ4v) is 3.73. The Labute approximate surface area is 150 Å². The summed E-state index contributed by atoms with van der Waals surface area (Å²) in [5, 5.41) is 4.58. The molecule has 0 aliphatic heterocycles. The molecule has 0 aliphatic rings. The third kappa shape index (κ3) is 5.62. The molecule has 0 unspecified atom stereocenters. The number of aryl methyl sites for hydroxylation is 1. The van der Waals surface area contributed by atoms with Crippen molar-refractivity contribution in [1.82, 2.24) is 10.3 Å². The van der Waals surface area contributed by atoms with E-state index in [-0.39, 0.29) is 18.1 Å². The van der Waals surface area contributed by atoms with Crippen molar-refractivity contribution >= 4 is 34.8 Å². The molecule has 0 radical (unpaired) electrons. The Morgan fingerprint density at radius 3 is 2.75 bits per heavy atom. The van der Waals surface area contributed by atoms with E-state index >= 15 is 0 Å². The van der Waals surface area contributed by atoms with E-state index in [9.17, 15) is 9.59 Å². The first-order valence-electron chi connectivity index (χ1n) is 7.69. The number of nitrogens with zero attached hydrogens (tertiary/aromatic N) is 1. The van der Waals surface area contributed by atoms with Crippen LogP contribution < -0.4 is 5.32 Å². The lowest BCUT2D eigenvalue weighted by atomic mass is 10.1. The van der Waals surface area contributed by atoms with Crippen molar-refractivity contribution in [3.8, 4) is 0 Å². The smallest absolute Gasteiger partial charge is 0.226 e. The standard InChI is InChI=1S/C18H20N2O2S2/c1-3-9-19-17(22)10-15-11-23-18(20-15)24-12-16(21)14-7-5-13(4-2)6-8-14/h3,5-8,11H,1,4,9-10,12H2,2H3,(H,19,22). The van der Waals surface area contributed by atoms with Gasteiger partial charge in [0.15, 0.2) is 10.1 Å². The van der Waals surface area contributed by atoms with E-state index in [1.165, 1.54) is 28.7 Å². The van der Waals surface area contributed by atoms with E-state index in [4.69, 9.17) is 0 Å². The van der Waals surface area contributed by atoms with Crippen LogP contribution in [-0.2, 0) is 17.6 Å². The van der Waals surface area contributed by atoms with Crippen molar-refractivity contribution in [2.24, 2.45) is 0 Å². The highest BCUT2D eigenvalue weighted by atomic mass is 32.2. The van der Waals surface area contributed by atoms with Crippen molar-refractivity contribution < 1.29 is 9.59 Å². The van der Waals surface area contributed by atoms with Gasteiger partial charge in [-0.15, -0.1) is 17.9 Å². The minimum Gasteiger partial charge on any atom is -0.352 e. The van der Waals surface area contributed by atoms with Gasteiger partial charge in [0.2, 0.25) is 5.91 Å². The summed E-state index contributed by atoms with van der Waals surface area (Å²) in [7, 11) is 0. The third-order valence-corrected chi connectivity index (χ3v) is 5.40. The maximum absolute atomic E-state index is 12.2. The Balaban J connectivity index is 1.84. The second-order valence-electron chi connectivity index (χ2n) is 5.14. The molecular formula is C18H20N2O2S2. The van der Waals surface area contributed by atoms with Gasteiger partial charge in [0.25, 0.3) is 0 Å². The predicted octanol–water partition coefficient (Wildman–Crippen LogP) is 3.53. The number of carbonyl (C=O) groups excluding carboxylic acids is 2. The number of Topliss-reactive ketones (excluding diaryl/α,β-unsaturated/α-hetero) is 1. The average molecular weight is 361 g/mol. The van der Waals surface area contributed by atoms with Crippen LogP contribution in [0.5, 0.6) is 0 Å². The maximum Gasteiger partial charge on any atom is 0.226 e. The molecule has 0 saturated heterocycles. The van der Waals surface area contributed by atoms with Crippen molar-refractivity contribution in [3.05, 3.63) is 59.1 Å². The zero-order valence-corrected chi connectivity index (χ0v) is 15.2. The first-order valence-corrected chi connectivity index (χ1v) is 9.55. The zero-order chi connectivity index (χ0) is 17.4. The molecule has 6 heteroatoms. The molecule has 0 fully saturated rings. The Morgan fingerprint density at radius 1 is 1.33 bits per heavy atom. The van der Waals surface area contributed by atoms with Crippen LogP contribution in [0.1, 0.15) is 28.5 Å². The van der Waals surface area contributed by atoms with Gasteiger partial charge in [-0.3, -0.25) is 9.59 Å². The number of carbonyl (C=O) groups is 2. The van der Waals surface area contributed by atoms with Gasteiger partial charge in [0.05, 0.1) is 17.9 Å². The third-order valence-electron chi connectivity index (χ3n) is 3.33. The van der Waals surface area contributed by atoms with Crippen molar-refractivity contribution in [2.75, 3.05) is 12.3 Å². The summed E-state index contributed by atoms with van der Waals surface area (Å²) >= 11 is 2.87. The molecule has 126 valence electrons. The lowest BCUT2D eigenvalue weighted by Crippen LogP contribution is -2.25. The molecule has 0 atom stereocenters. The summed E-state index contributed by atoms with van der Waals surface area (Å²) < 4.78 is 0.806. The summed E-state index contributed by atoms with van der Waals surface area (Å²) in [6.07, 6.45) is 2.85. The summed E-state index contributed by atoms with van der Waals surface area (Å²) in [5.74, 6) is 0.355. The van der Waals surface area contributed by atoms with Gasteiger partial charge in [0.1, 0.15) is 0 Å². The molecule has 0 spiro atoms. The first kappa shape index (κ1) is 18.4. The van der Waals surface area contributed by atoms with Crippen LogP contribution in [0.25, 0.3) is 0 Å². The lowest BCUT2D eigenvalue weighted by molar-refractivity contribution is -0.120. The second kappa shape index (κ2) is 9.39. The summed E-state index contributed by atoms with van der Waals surface area (Å²) in [4.78, 5) is 28.2. The second-order valence-corrected chi connectivity index (χ2v) is 7.22. The number of thioether (sulfide) groups is 1. The van der Waals surface area contributed by atoms with Gasteiger partial charge in [-0.2, -0.15) is 0 Å². The number of benzene rings is 1. The molecule has 2 aromatic rings. The van der Waals surface area contributed by atoms with E-state index in [1.54, 1.807) is 6.08 Å². The average Bonchev–Trinajstić information content (AvgIpc) is 3.05. The molecule has 0 aliphatic carbocycles. The molecule has 1 N–H and O–H groups in total. The van der Waals surface area contributed by atoms with Gasteiger partial charge < -0.3 is 5.32 Å². The van der Waals surface area contributed by atoms with E-state index in [0.717, 1.165) is 22.0 Å². The number of nitrogens with one attached hydrogen (secondary N) is 1. The SMILES string of the molecule is C=CCNC(=O)Cc1csc(SCC(=O)c2ccc(CC)cc2)n1. The van der Waals surface area contributed by atoms with E-state index in [0.29, 0.717) is 12.3 Å². The number of thiazole rings is 1. The highest BCUT2D eigenvalue weighted by Crippen LogP contribution is 2.24. The Hall–Kier alpha value is -1.92. The van der Waals surface area contributed by atoms with Crippen molar-refractivity contribution in [1.29, 1.82) is 0 Å².